The summed E-state index contributed by atoms with van der Waals surface area (Å²) < 4.78 is 13.3. The summed E-state index contributed by atoms with van der Waals surface area (Å²) in [5.41, 5.74) is 0. The van der Waals surface area contributed by atoms with Crippen LogP contribution in [-0.4, -0.2) is 77.8 Å². The molecule has 0 aromatic rings. The third-order valence-electron chi connectivity index (χ3n) is 1.22. The number of carbonyl (C=O) groups excluding carboxylic acids is 1. The van der Waals surface area contributed by atoms with Crippen molar-refractivity contribution < 1.29 is 39.0 Å². The average molecular weight is 268 g/mol. The molecule has 0 saturated heterocycles. The molecule has 0 amide bonds. The smallest absolute Gasteiger partial charge is 0.780 e. The quantitative estimate of drug-likeness (QED) is 0.338. The van der Waals surface area contributed by atoms with E-state index in [1.807, 2.05) is 0 Å². The van der Waals surface area contributed by atoms with Crippen LogP contribution in [0, 0.1) is 0 Å². The number of rotatable bonds is 5. The van der Waals surface area contributed by atoms with Crippen molar-refractivity contribution in [1.82, 2.24) is 0 Å². The van der Waals surface area contributed by atoms with Gasteiger partial charge in [0.1, 0.15) is 13.9 Å². The van der Waals surface area contributed by atoms with Gasteiger partial charge in [-0.1, -0.05) is 0 Å². The Bertz CT molecular complexity index is 239. The molecule has 0 aliphatic rings. The molecule has 3 N–H and O–H groups in total. The van der Waals surface area contributed by atoms with Crippen molar-refractivity contribution >= 4 is 51.5 Å². The third kappa shape index (κ3) is 9.68. The van der Waals surface area contributed by atoms with Gasteiger partial charge in [-0.15, -0.1) is 0 Å². The number of carbonyl (C=O) groups is 1. The second-order valence-corrected chi connectivity index (χ2v) is 3.51. The third-order valence-corrected chi connectivity index (χ3v) is 1.65. The molecule has 0 aliphatic carbocycles. The predicted octanol–water partition coefficient (Wildman–Crippen LogP) is -3.92. The van der Waals surface area contributed by atoms with Gasteiger partial charge in [0.15, 0.2) is 0 Å². The molecule has 0 spiro atoms. The first-order valence-electron chi connectivity index (χ1n) is 3.47. The maximum Gasteiger partial charge on any atom is 2.00 e. The van der Waals surface area contributed by atoms with Gasteiger partial charge in [-0.3, -0.25) is 4.79 Å². The van der Waals surface area contributed by atoms with Crippen LogP contribution < -0.4 is 9.79 Å². The molecule has 10 heteroatoms. The molecule has 0 fully saturated rings. The van der Waals surface area contributed by atoms with E-state index < -0.39 is 39.0 Å². The largest absolute Gasteiger partial charge is 2.00 e. The van der Waals surface area contributed by atoms with E-state index >= 15 is 0 Å². The van der Waals surface area contributed by atoms with Crippen LogP contribution in [0.15, 0.2) is 0 Å². The zero-order valence-corrected chi connectivity index (χ0v) is 10.7. The van der Waals surface area contributed by atoms with E-state index in [0.29, 0.717) is 0 Å². The zero-order chi connectivity index (χ0) is 11.4. The molecule has 0 radical (unpaired) electrons. The Labute approximate surface area is 115 Å². The van der Waals surface area contributed by atoms with Crippen molar-refractivity contribution in [3.63, 3.8) is 0 Å². The molecule has 0 aliphatic heterocycles. The van der Waals surface area contributed by atoms with Gasteiger partial charge in [-0.2, -0.15) is 0 Å². The summed E-state index contributed by atoms with van der Waals surface area (Å²) in [6.45, 7) is -0.805. The van der Waals surface area contributed by atoms with Gasteiger partial charge in [0.25, 0.3) is 0 Å². The van der Waals surface area contributed by atoms with Crippen molar-refractivity contribution in [1.29, 1.82) is 0 Å². The Kier molecular flexibility index (Phi) is 9.60. The van der Waals surface area contributed by atoms with Crippen LogP contribution in [0.4, 0.5) is 0 Å². The molecule has 15 heavy (non-hydrogen) atoms. The monoisotopic (exact) mass is 268 g/mol. The Morgan fingerprint density at radius 3 is 2.13 bits per heavy atom. The zero-order valence-electron chi connectivity index (χ0n) is 7.61. The first kappa shape index (κ1) is 18.1. The minimum Gasteiger partial charge on any atom is -0.780 e. The number of hydrogen-bond donors (Lipinski definition) is 3. The number of aliphatic hydroxyl groups is 3. The standard InChI is InChI=1S/C5H11O8P.Ca/c6-2-4(8)3(7)1-5(9)13-14(10,11)12;/h3-4,6-8H,1-2H2,(H2,10,11,12);/q;+2/p-2/t3-,4+;/m0./s1. The van der Waals surface area contributed by atoms with Crippen LogP contribution in [0.25, 0.3) is 0 Å². The van der Waals surface area contributed by atoms with Gasteiger partial charge in [0.2, 0.25) is 0 Å². The second kappa shape index (κ2) is 7.94. The number of aliphatic hydroxyl groups excluding tert-OH is 3. The van der Waals surface area contributed by atoms with Crippen molar-refractivity contribution in [2.45, 2.75) is 18.6 Å². The molecule has 0 saturated carbocycles. The minimum atomic E-state index is -5.42. The van der Waals surface area contributed by atoms with Crippen molar-refractivity contribution in [2.75, 3.05) is 6.61 Å². The van der Waals surface area contributed by atoms with E-state index in [9.17, 15) is 19.1 Å². The summed E-state index contributed by atoms with van der Waals surface area (Å²) in [6.07, 6.45) is -4.17. The molecular formula is C5H9CaO8P. The molecule has 0 unspecified atom stereocenters. The van der Waals surface area contributed by atoms with Gasteiger partial charge in [-0.25, -0.2) is 0 Å². The van der Waals surface area contributed by atoms with Gasteiger partial charge in [0, 0.05) is 0 Å². The van der Waals surface area contributed by atoms with Crippen molar-refractivity contribution in [2.24, 2.45) is 0 Å². The molecule has 0 heterocycles. The van der Waals surface area contributed by atoms with Gasteiger partial charge in [-0.05, 0) is 0 Å². The Morgan fingerprint density at radius 1 is 1.33 bits per heavy atom. The SMILES string of the molecule is O=C(C[C@H](O)[C@H](O)CO)OP(=O)([O-])[O-].[Ca+2]. The van der Waals surface area contributed by atoms with E-state index in [0.717, 1.165) is 0 Å². The second-order valence-electron chi connectivity index (χ2n) is 2.43. The number of phosphoric acid groups is 1. The van der Waals surface area contributed by atoms with Crippen LogP contribution in [0.3, 0.4) is 0 Å². The van der Waals surface area contributed by atoms with E-state index in [-0.39, 0.29) is 37.7 Å². The average Bonchev–Trinajstić information content (AvgIpc) is 1.99. The molecule has 84 valence electrons. The van der Waals surface area contributed by atoms with E-state index in [2.05, 4.69) is 4.52 Å². The first-order valence-corrected chi connectivity index (χ1v) is 4.94. The van der Waals surface area contributed by atoms with Gasteiger partial charge >= 0.3 is 43.7 Å². The molecule has 0 bridgehead atoms. The summed E-state index contributed by atoms with van der Waals surface area (Å²) in [7, 11) is -5.42. The van der Waals surface area contributed by atoms with Crippen LogP contribution in [0.1, 0.15) is 6.42 Å². The molecule has 2 atom stereocenters. The van der Waals surface area contributed by atoms with E-state index in [1.54, 1.807) is 0 Å². The number of hydrogen-bond acceptors (Lipinski definition) is 8. The summed E-state index contributed by atoms with van der Waals surface area (Å²) in [6, 6.07) is 0. The van der Waals surface area contributed by atoms with Crippen molar-refractivity contribution in [3.05, 3.63) is 0 Å². The van der Waals surface area contributed by atoms with Crippen LogP contribution in [0.2, 0.25) is 0 Å². The van der Waals surface area contributed by atoms with E-state index in [1.165, 1.54) is 0 Å². The first-order chi connectivity index (χ1) is 6.26. The predicted molar refractivity (Wildman–Crippen MR) is 43.2 cm³/mol. The summed E-state index contributed by atoms with van der Waals surface area (Å²) in [4.78, 5) is 30.3. The Balaban J connectivity index is 0. The fourth-order valence-electron chi connectivity index (χ4n) is 0.590. The van der Waals surface area contributed by atoms with E-state index in [4.69, 9.17) is 15.3 Å². The fourth-order valence-corrected chi connectivity index (χ4v) is 0.914. The molecule has 0 aromatic carbocycles. The fraction of sp³-hybridized carbons (Fsp3) is 0.800. The molecule has 8 nitrogen and oxygen atoms in total. The summed E-state index contributed by atoms with van der Waals surface area (Å²) in [5, 5.41) is 25.9. The molecule has 0 rings (SSSR count). The Morgan fingerprint density at radius 2 is 1.80 bits per heavy atom. The normalized spacial score (nSPS) is 15.0. The van der Waals surface area contributed by atoms with Crippen molar-refractivity contribution in [3.8, 4) is 0 Å². The topological polar surface area (TPSA) is 150 Å². The van der Waals surface area contributed by atoms with Gasteiger partial charge in [0.05, 0.1) is 19.1 Å². The van der Waals surface area contributed by atoms with Crippen LogP contribution in [-0.2, 0) is 13.9 Å². The van der Waals surface area contributed by atoms with Gasteiger partial charge < -0.3 is 34.2 Å². The summed E-state index contributed by atoms with van der Waals surface area (Å²) >= 11 is 0. The van der Waals surface area contributed by atoms with Crippen LogP contribution in [0.5, 0.6) is 0 Å². The van der Waals surface area contributed by atoms with Crippen LogP contribution >= 0.6 is 7.82 Å². The summed E-state index contributed by atoms with van der Waals surface area (Å²) in [5.74, 6) is -1.49. The maximum atomic E-state index is 10.5. The molecule has 0 aromatic heterocycles. The molecular weight excluding hydrogens is 259 g/mol. The minimum absolute atomic E-state index is 0. The maximum absolute atomic E-state index is 10.5. The number of phosphoric ester groups is 1. The Hall–Kier alpha value is 0.760.